The van der Waals surface area contributed by atoms with Crippen LogP contribution in [0.4, 0.5) is 0 Å². The zero-order chi connectivity index (χ0) is 27.8. The lowest BCUT2D eigenvalue weighted by Crippen LogP contribution is -1.96. The summed E-state index contributed by atoms with van der Waals surface area (Å²) in [5.74, 6) is 2.29. The van der Waals surface area contributed by atoms with Gasteiger partial charge in [0.15, 0.2) is 23.3 Å². The van der Waals surface area contributed by atoms with Gasteiger partial charge in [0, 0.05) is 43.8 Å². The molecule has 0 amide bonds. The molecule has 0 saturated heterocycles. The van der Waals surface area contributed by atoms with Gasteiger partial charge in [0.1, 0.15) is 28.6 Å². The quantitative estimate of drug-likeness (QED) is 0.207. The van der Waals surface area contributed by atoms with Crippen LogP contribution in [0, 0.1) is 0 Å². The molecule has 0 radical (unpaired) electrons. The van der Waals surface area contributed by atoms with Crippen LogP contribution in [0.2, 0.25) is 0 Å². The lowest BCUT2D eigenvalue weighted by Gasteiger charge is -2.00. The van der Waals surface area contributed by atoms with Crippen LogP contribution in [0.3, 0.4) is 0 Å². The van der Waals surface area contributed by atoms with E-state index in [0.29, 0.717) is 45.9 Å². The second kappa shape index (κ2) is 8.76. The van der Waals surface area contributed by atoms with Crippen molar-refractivity contribution in [1.29, 1.82) is 0 Å². The smallest absolute Gasteiger partial charge is 0.164 e. The van der Waals surface area contributed by atoms with E-state index in [-0.39, 0.29) is 6.00 Å². The minimum absolute atomic E-state index is 0.146. The summed E-state index contributed by atoms with van der Waals surface area (Å²) in [6, 6.07) is 32.3. The van der Waals surface area contributed by atoms with Crippen molar-refractivity contribution in [2.75, 3.05) is 0 Å². The van der Waals surface area contributed by atoms with Crippen molar-refractivity contribution >= 4 is 55.7 Å². The van der Waals surface area contributed by atoms with E-state index in [4.69, 9.17) is 41.5 Å². The number of H-pyrrole nitrogens is 1. The lowest BCUT2D eigenvalue weighted by molar-refractivity contribution is 0.934. The predicted octanol–water partition coefficient (Wildman–Crippen LogP) is 7.54. The Morgan fingerprint density at radius 2 is 0.810 bits per heavy atom. The van der Waals surface area contributed by atoms with E-state index in [1.165, 1.54) is 0 Å². The summed E-state index contributed by atoms with van der Waals surface area (Å²) >= 11 is 6.62. The van der Waals surface area contributed by atoms with Gasteiger partial charge in [0.05, 0.1) is 0 Å². The first kappa shape index (κ1) is 23.3. The minimum atomic E-state index is 0.146. The van der Waals surface area contributed by atoms with Crippen molar-refractivity contribution < 1.29 is 0 Å². The molecule has 4 aromatic carbocycles. The Morgan fingerprint density at radius 3 is 1.21 bits per heavy atom. The normalized spacial score (nSPS) is 12.0. The van der Waals surface area contributed by atoms with Gasteiger partial charge in [-0.2, -0.15) is 0 Å². The zero-order valence-electron chi connectivity index (χ0n) is 22.0. The van der Waals surface area contributed by atoms with Crippen molar-refractivity contribution in [3.63, 3.8) is 0 Å². The first-order valence-electron chi connectivity index (χ1n) is 13.5. The average Bonchev–Trinajstić information content (AvgIpc) is 3.75. The van der Waals surface area contributed by atoms with E-state index in [0.717, 1.165) is 43.8 Å². The molecule has 0 atom stereocenters. The van der Waals surface area contributed by atoms with E-state index < -0.39 is 0 Å². The summed E-state index contributed by atoms with van der Waals surface area (Å²) in [4.78, 5) is 33.7. The fourth-order valence-electron chi connectivity index (χ4n) is 5.88. The molecule has 0 spiro atoms. The van der Waals surface area contributed by atoms with Crippen molar-refractivity contribution in [3.8, 4) is 45.6 Å². The van der Waals surface area contributed by atoms with Crippen LogP contribution < -0.4 is 0 Å². The molecule has 198 valence electrons. The summed E-state index contributed by atoms with van der Waals surface area (Å²) in [6.45, 7) is 0. The van der Waals surface area contributed by atoms with Gasteiger partial charge in [-0.3, -0.25) is 4.57 Å². The van der Waals surface area contributed by atoms with Crippen molar-refractivity contribution in [2.45, 2.75) is 6.00 Å². The van der Waals surface area contributed by atoms with Crippen LogP contribution in [-0.4, -0.2) is 39.5 Å². The van der Waals surface area contributed by atoms with Gasteiger partial charge >= 0.3 is 0 Å². The Kier molecular flexibility index (Phi) is 4.85. The second-order valence-corrected chi connectivity index (χ2v) is 10.4. The number of aromatic amines is 1. The largest absolute Gasteiger partial charge is 0.324 e. The van der Waals surface area contributed by atoms with Crippen LogP contribution >= 0.6 is 11.6 Å². The van der Waals surface area contributed by atoms with Crippen LogP contribution in [0.1, 0.15) is 0 Å². The van der Waals surface area contributed by atoms with Crippen LogP contribution in [0.15, 0.2) is 97.1 Å². The molecule has 8 bridgehead atoms. The topological polar surface area (TPSA) is 98.1 Å². The number of hydrogen-bond acceptors (Lipinski definition) is 6. The van der Waals surface area contributed by atoms with E-state index in [9.17, 15) is 0 Å². The molecular weight excluding hydrogens is 544 g/mol. The van der Waals surface area contributed by atoms with E-state index in [1.54, 1.807) is 0 Å². The van der Waals surface area contributed by atoms with Gasteiger partial charge in [-0.15, -0.1) is 11.6 Å². The van der Waals surface area contributed by atoms with Gasteiger partial charge in [0.2, 0.25) is 0 Å². The summed E-state index contributed by atoms with van der Waals surface area (Å²) in [5, 5.41) is 3.73. The molecule has 0 fully saturated rings. The van der Waals surface area contributed by atoms with Gasteiger partial charge < -0.3 is 4.98 Å². The average molecular weight is 563 g/mol. The van der Waals surface area contributed by atoms with Crippen molar-refractivity contribution in [2.24, 2.45) is 0 Å². The maximum Gasteiger partial charge on any atom is 0.164 e. The van der Waals surface area contributed by atoms with Crippen LogP contribution in [0.25, 0.3) is 89.7 Å². The molecule has 8 nitrogen and oxygen atoms in total. The van der Waals surface area contributed by atoms with Gasteiger partial charge in [0.25, 0.3) is 0 Å². The SMILES string of the molecule is ClCn1c2nc3nc(nc4[nH]c(nc5nc(nc1c1ccccc12)-c1ccccc1-5)c1ccccc41)-c1ccccc1-3. The summed E-state index contributed by atoms with van der Waals surface area (Å²) in [7, 11) is 0. The highest BCUT2D eigenvalue weighted by molar-refractivity contribution is 6.17. The molecule has 0 saturated carbocycles. The summed E-state index contributed by atoms with van der Waals surface area (Å²) < 4.78 is 1.91. The number of nitrogens with zero attached hydrogens (tertiary/aromatic N) is 7. The van der Waals surface area contributed by atoms with Crippen LogP contribution in [0.5, 0.6) is 0 Å². The molecule has 2 aliphatic rings. The van der Waals surface area contributed by atoms with Gasteiger partial charge in [-0.25, -0.2) is 29.9 Å². The number of alkyl halides is 1. The summed E-state index contributed by atoms with van der Waals surface area (Å²) in [5.41, 5.74) is 6.31. The number of aromatic nitrogens is 8. The second-order valence-electron chi connectivity index (χ2n) is 10.2. The molecule has 9 rings (SSSR count). The Bertz CT molecular complexity index is 2260. The fraction of sp³-hybridized carbons (Fsp3) is 0.0303. The maximum absolute atomic E-state index is 6.62. The first-order chi connectivity index (χ1) is 20.8. The van der Waals surface area contributed by atoms with Gasteiger partial charge in [-0.05, 0) is 0 Å². The standard InChI is InChI=1S/C33H19ClN8/c34-17-42-32-24-15-7-8-16-25(24)33(42)41-31-23-14-6-4-12-21(23)29(39-31)37-27-19-10-2-1-9-18(19)26(35-27)36-28-20-11-3-5-13-22(20)30(38-28)40-32/h1-16H,17H2,(H,35,36,37,38,39,40,41). The third kappa shape index (κ3) is 3.30. The zero-order valence-corrected chi connectivity index (χ0v) is 22.7. The lowest BCUT2D eigenvalue weighted by atomic mass is 10.1. The van der Waals surface area contributed by atoms with Crippen molar-refractivity contribution in [3.05, 3.63) is 97.1 Å². The fourth-order valence-corrected chi connectivity index (χ4v) is 6.11. The number of halogens is 1. The molecular formula is C33H19ClN8. The molecule has 5 heterocycles. The highest BCUT2D eigenvalue weighted by atomic mass is 35.5. The number of nitrogens with one attached hydrogen (secondary N) is 1. The maximum atomic E-state index is 6.62. The minimum Gasteiger partial charge on any atom is -0.324 e. The van der Waals surface area contributed by atoms with E-state index >= 15 is 0 Å². The molecule has 9 heteroatoms. The first-order valence-corrected chi connectivity index (χ1v) is 14.1. The Labute approximate surface area is 243 Å². The monoisotopic (exact) mass is 562 g/mol. The Balaban J connectivity index is 1.54. The molecule has 42 heavy (non-hydrogen) atoms. The van der Waals surface area contributed by atoms with Crippen LogP contribution in [-0.2, 0) is 6.00 Å². The molecule has 0 unspecified atom stereocenters. The summed E-state index contributed by atoms with van der Waals surface area (Å²) in [6.07, 6.45) is 0. The third-order valence-corrected chi connectivity index (χ3v) is 8.05. The number of benzene rings is 4. The molecule has 1 N–H and O–H groups in total. The molecule has 0 aliphatic carbocycles. The third-order valence-electron chi connectivity index (χ3n) is 7.81. The van der Waals surface area contributed by atoms with E-state index in [2.05, 4.69) is 4.98 Å². The highest BCUT2D eigenvalue weighted by Gasteiger charge is 2.22. The molecule has 2 aliphatic heterocycles. The molecule has 7 aromatic rings. The Morgan fingerprint density at radius 1 is 0.452 bits per heavy atom. The number of fused-ring (bicyclic) bond motifs is 20. The van der Waals surface area contributed by atoms with E-state index in [1.807, 2.05) is 102 Å². The Hall–Kier alpha value is -5.47. The molecule has 3 aromatic heterocycles. The highest BCUT2D eigenvalue weighted by Crippen LogP contribution is 2.37. The van der Waals surface area contributed by atoms with Crippen molar-refractivity contribution in [1.82, 2.24) is 39.5 Å². The number of hydrogen-bond donors (Lipinski definition) is 1. The predicted molar refractivity (Wildman–Crippen MR) is 166 cm³/mol. The van der Waals surface area contributed by atoms with Gasteiger partial charge in [-0.1, -0.05) is 97.1 Å². The number of rotatable bonds is 1.